The number of nitrogens with one attached hydrogen (secondary N) is 1. The maximum Gasteiger partial charge on any atom is 0.255 e. The van der Waals surface area contributed by atoms with E-state index >= 15 is 0 Å². The molecule has 2 aliphatic heterocycles. The molecular formula is C22H26N2O5S. The van der Waals surface area contributed by atoms with Crippen molar-refractivity contribution in [3.8, 4) is 11.5 Å². The van der Waals surface area contributed by atoms with Crippen LogP contribution in [0.3, 0.4) is 0 Å². The maximum absolute atomic E-state index is 13.0. The second-order valence-corrected chi connectivity index (χ2v) is 10.0. The molecule has 8 heteroatoms. The molecule has 2 aromatic rings. The van der Waals surface area contributed by atoms with E-state index in [-0.39, 0.29) is 10.8 Å². The Labute approximate surface area is 177 Å². The molecule has 2 aliphatic rings. The molecule has 1 N–H and O–H groups in total. The van der Waals surface area contributed by atoms with E-state index < -0.39 is 10.0 Å². The number of fused-ring (bicyclic) bond motifs is 1. The number of anilines is 1. The molecule has 4 rings (SSSR count). The molecule has 0 aromatic heterocycles. The topological polar surface area (TPSA) is 84.9 Å². The van der Waals surface area contributed by atoms with Gasteiger partial charge in [-0.15, -0.1) is 0 Å². The molecule has 2 aromatic carbocycles. The Bertz CT molecular complexity index is 1030. The van der Waals surface area contributed by atoms with Crippen molar-refractivity contribution in [2.75, 3.05) is 31.6 Å². The number of carbonyl (C=O) groups is 1. The third-order valence-electron chi connectivity index (χ3n) is 5.39. The molecule has 30 heavy (non-hydrogen) atoms. The van der Waals surface area contributed by atoms with E-state index in [0.717, 1.165) is 6.42 Å². The number of nitrogens with zero attached hydrogens (tertiary/aromatic N) is 1. The second-order valence-electron chi connectivity index (χ2n) is 8.11. The summed E-state index contributed by atoms with van der Waals surface area (Å²) in [6.45, 7) is 6.17. The highest BCUT2D eigenvalue weighted by molar-refractivity contribution is 7.89. The summed E-state index contributed by atoms with van der Waals surface area (Å²) in [5.74, 6) is 1.54. The quantitative estimate of drug-likeness (QED) is 0.804. The number of rotatable bonds is 4. The maximum atomic E-state index is 13.0. The van der Waals surface area contributed by atoms with Crippen LogP contribution in [0.25, 0.3) is 0 Å². The van der Waals surface area contributed by atoms with E-state index in [9.17, 15) is 13.2 Å². The van der Waals surface area contributed by atoms with Crippen LogP contribution >= 0.6 is 0 Å². The average molecular weight is 431 g/mol. The Morgan fingerprint density at radius 2 is 1.60 bits per heavy atom. The predicted octanol–water partition coefficient (Wildman–Crippen LogP) is 3.38. The standard InChI is InChI=1S/C22H26N2O5S/c1-15-11-16(2)14-24(13-15)30(26,27)19-6-4-18(5-7-19)23-22(25)17-3-8-20-21(12-17)29-10-9-28-20/h3-8,12,15-16H,9-11,13-14H2,1-2H3,(H,23,25)/t15-,16+. The number of carbonyl (C=O) groups excluding carboxylic acids is 1. The van der Waals surface area contributed by atoms with Crippen LogP contribution in [0, 0.1) is 11.8 Å². The van der Waals surface area contributed by atoms with Gasteiger partial charge < -0.3 is 14.8 Å². The van der Waals surface area contributed by atoms with Crippen LogP contribution in [0.1, 0.15) is 30.6 Å². The van der Waals surface area contributed by atoms with E-state index in [0.29, 0.717) is 60.9 Å². The van der Waals surface area contributed by atoms with Crippen LogP contribution in [0.5, 0.6) is 11.5 Å². The minimum atomic E-state index is -3.55. The van der Waals surface area contributed by atoms with Crippen LogP contribution < -0.4 is 14.8 Å². The summed E-state index contributed by atoms with van der Waals surface area (Å²) in [6, 6.07) is 11.3. The van der Waals surface area contributed by atoms with Gasteiger partial charge in [0.05, 0.1) is 4.90 Å². The lowest BCUT2D eigenvalue weighted by Gasteiger charge is -2.34. The third kappa shape index (κ3) is 4.29. The van der Waals surface area contributed by atoms with Crippen molar-refractivity contribution in [3.05, 3.63) is 48.0 Å². The average Bonchev–Trinajstić information content (AvgIpc) is 2.73. The Morgan fingerprint density at radius 1 is 0.967 bits per heavy atom. The first-order valence-electron chi connectivity index (χ1n) is 10.1. The highest BCUT2D eigenvalue weighted by Crippen LogP contribution is 2.31. The van der Waals surface area contributed by atoms with E-state index in [1.165, 1.54) is 0 Å². The van der Waals surface area contributed by atoms with Gasteiger partial charge in [0, 0.05) is 24.3 Å². The number of sulfonamides is 1. The van der Waals surface area contributed by atoms with Crippen LogP contribution in [0.15, 0.2) is 47.4 Å². The Hall–Kier alpha value is -2.58. The van der Waals surface area contributed by atoms with E-state index in [1.807, 2.05) is 0 Å². The molecule has 0 radical (unpaired) electrons. The van der Waals surface area contributed by atoms with Crippen molar-refractivity contribution in [2.45, 2.75) is 25.2 Å². The van der Waals surface area contributed by atoms with Crippen molar-refractivity contribution in [2.24, 2.45) is 11.8 Å². The lowest BCUT2D eigenvalue weighted by atomic mass is 9.94. The van der Waals surface area contributed by atoms with Gasteiger partial charge >= 0.3 is 0 Å². The Balaban J connectivity index is 1.46. The van der Waals surface area contributed by atoms with Crippen molar-refractivity contribution in [1.29, 1.82) is 0 Å². The van der Waals surface area contributed by atoms with Crippen LogP contribution in [-0.4, -0.2) is 44.9 Å². The summed E-state index contributed by atoms with van der Waals surface area (Å²) >= 11 is 0. The van der Waals surface area contributed by atoms with Gasteiger partial charge in [-0.25, -0.2) is 8.42 Å². The summed E-state index contributed by atoms with van der Waals surface area (Å²) in [5.41, 5.74) is 0.960. The number of amides is 1. The molecule has 7 nitrogen and oxygen atoms in total. The number of benzene rings is 2. The van der Waals surface area contributed by atoms with Gasteiger partial charge in [0.1, 0.15) is 13.2 Å². The highest BCUT2D eigenvalue weighted by atomic mass is 32.2. The van der Waals surface area contributed by atoms with E-state index in [4.69, 9.17) is 9.47 Å². The molecule has 0 bridgehead atoms. The number of ether oxygens (including phenoxy) is 2. The SMILES string of the molecule is C[C@@H]1C[C@H](C)CN(S(=O)(=O)c2ccc(NC(=O)c3ccc4c(c3)OCCO4)cc2)C1. The lowest BCUT2D eigenvalue weighted by Crippen LogP contribution is -2.42. The molecule has 0 aliphatic carbocycles. The molecule has 2 heterocycles. The van der Waals surface area contributed by atoms with Crippen LogP contribution in [0.2, 0.25) is 0 Å². The molecular weight excluding hydrogens is 404 g/mol. The minimum Gasteiger partial charge on any atom is -0.486 e. The zero-order valence-electron chi connectivity index (χ0n) is 17.1. The van der Waals surface area contributed by atoms with Gasteiger partial charge in [0.15, 0.2) is 11.5 Å². The van der Waals surface area contributed by atoms with Gasteiger partial charge in [0.25, 0.3) is 5.91 Å². The van der Waals surface area contributed by atoms with Crippen molar-refractivity contribution in [3.63, 3.8) is 0 Å². The van der Waals surface area contributed by atoms with E-state index in [2.05, 4.69) is 19.2 Å². The predicted molar refractivity (Wildman–Crippen MR) is 114 cm³/mol. The largest absolute Gasteiger partial charge is 0.486 e. The number of hydrogen-bond donors (Lipinski definition) is 1. The van der Waals surface area contributed by atoms with Gasteiger partial charge in [0.2, 0.25) is 10.0 Å². The molecule has 160 valence electrons. The lowest BCUT2D eigenvalue weighted by molar-refractivity contribution is 0.102. The molecule has 0 spiro atoms. The summed E-state index contributed by atoms with van der Waals surface area (Å²) in [7, 11) is -3.55. The minimum absolute atomic E-state index is 0.237. The number of piperidine rings is 1. The summed E-state index contributed by atoms with van der Waals surface area (Å²) in [4.78, 5) is 12.8. The highest BCUT2D eigenvalue weighted by Gasteiger charge is 2.31. The van der Waals surface area contributed by atoms with Gasteiger partial charge in [-0.05, 0) is 60.7 Å². The fourth-order valence-corrected chi connectivity index (χ4v) is 5.73. The molecule has 0 unspecified atom stereocenters. The monoisotopic (exact) mass is 430 g/mol. The first-order chi connectivity index (χ1) is 14.3. The van der Waals surface area contributed by atoms with Crippen molar-refractivity contribution in [1.82, 2.24) is 4.31 Å². The molecule has 0 saturated carbocycles. The van der Waals surface area contributed by atoms with Crippen LogP contribution in [-0.2, 0) is 10.0 Å². The molecule has 1 saturated heterocycles. The smallest absolute Gasteiger partial charge is 0.255 e. The zero-order chi connectivity index (χ0) is 21.3. The number of hydrogen-bond acceptors (Lipinski definition) is 5. The Kier molecular flexibility index (Phi) is 5.71. The first kappa shape index (κ1) is 20.7. The second kappa shape index (κ2) is 8.28. The van der Waals surface area contributed by atoms with Crippen molar-refractivity contribution >= 4 is 21.6 Å². The third-order valence-corrected chi connectivity index (χ3v) is 7.24. The van der Waals surface area contributed by atoms with Gasteiger partial charge in [-0.2, -0.15) is 4.31 Å². The normalized spacial score (nSPS) is 21.8. The van der Waals surface area contributed by atoms with E-state index in [1.54, 1.807) is 46.8 Å². The fourth-order valence-electron chi connectivity index (χ4n) is 4.05. The summed E-state index contributed by atoms with van der Waals surface area (Å²) < 4.78 is 38.5. The molecule has 2 atom stereocenters. The first-order valence-corrected chi connectivity index (χ1v) is 11.6. The fraction of sp³-hybridized carbons (Fsp3) is 0.409. The molecule has 1 fully saturated rings. The van der Waals surface area contributed by atoms with Crippen molar-refractivity contribution < 1.29 is 22.7 Å². The van der Waals surface area contributed by atoms with Gasteiger partial charge in [-0.3, -0.25) is 4.79 Å². The molecule has 1 amide bonds. The Morgan fingerprint density at radius 3 is 2.27 bits per heavy atom. The zero-order valence-corrected chi connectivity index (χ0v) is 17.9. The van der Waals surface area contributed by atoms with Crippen LogP contribution in [0.4, 0.5) is 5.69 Å². The van der Waals surface area contributed by atoms with Gasteiger partial charge in [-0.1, -0.05) is 13.8 Å². The summed E-state index contributed by atoms with van der Waals surface area (Å²) in [5, 5.41) is 2.79. The summed E-state index contributed by atoms with van der Waals surface area (Å²) in [6.07, 6.45) is 1.04.